The van der Waals surface area contributed by atoms with Gasteiger partial charge in [-0.2, -0.15) is 0 Å². The minimum Gasteiger partial charge on any atom is -0.320 e. The van der Waals surface area contributed by atoms with Gasteiger partial charge in [0.1, 0.15) is 17.3 Å². The van der Waals surface area contributed by atoms with Crippen LogP contribution in [-0.4, -0.2) is 20.7 Å². The first-order valence-corrected chi connectivity index (χ1v) is 10.5. The average Bonchev–Trinajstić information content (AvgIpc) is 2.68. The summed E-state index contributed by atoms with van der Waals surface area (Å²) in [4.78, 5) is 30.1. The zero-order valence-electron chi connectivity index (χ0n) is 16.6. The molecule has 0 aliphatic carbocycles. The maximum absolute atomic E-state index is 13.8. The molecule has 158 valence electrons. The third kappa shape index (κ3) is 4.82. The normalized spacial score (nSPS) is 12.4. The van der Waals surface area contributed by atoms with E-state index in [-0.39, 0.29) is 11.5 Å². The van der Waals surface area contributed by atoms with E-state index in [0.717, 1.165) is 23.9 Å². The van der Waals surface area contributed by atoms with Gasteiger partial charge in [0.15, 0.2) is 5.16 Å². The molecule has 0 radical (unpaired) electrons. The number of amides is 1. The number of nitrogens with one attached hydrogen (secondary N) is 1. The summed E-state index contributed by atoms with van der Waals surface area (Å²) in [5.41, 5.74) is -0.304. The van der Waals surface area contributed by atoms with E-state index in [1.54, 1.807) is 25.1 Å². The lowest BCUT2D eigenvalue weighted by Crippen LogP contribution is -2.28. The molecule has 30 heavy (non-hydrogen) atoms. The SMILES string of the molecule is CC(C)Cn1c(SC(C)C(=O)Nc2c(F)cccc2F)nc2ccc(Cl)cc2c1=O. The number of aromatic nitrogens is 2. The van der Waals surface area contributed by atoms with Crippen LogP contribution in [0.2, 0.25) is 5.02 Å². The van der Waals surface area contributed by atoms with Gasteiger partial charge >= 0.3 is 0 Å². The molecule has 5 nitrogen and oxygen atoms in total. The van der Waals surface area contributed by atoms with E-state index >= 15 is 0 Å². The summed E-state index contributed by atoms with van der Waals surface area (Å²) in [5.74, 6) is -2.18. The van der Waals surface area contributed by atoms with Gasteiger partial charge in [0.05, 0.1) is 16.2 Å². The van der Waals surface area contributed by atoms with Gasteiger partial charge in [-0.15, -0.1) is 0 Å². The molecular weight excluding hydrogens is 432 g/mol. The molecule has 1 aromatic heterocycles. The Bertz CT molecular complexity index is 1150. The fraction of sp³-hybridized carbons (Fsp3) is 0.286. The fourth-order valence-electron chi connectivity index (χ4n) is 2.84. The molecule has 3 aromatic rings. The van der Waals surface area contributed by atoms with Crippen molar-refractivity contribution in [2.75, 3.05) is 5.32 Å². The molecule has 1 amide bonds. The number of anilines is 1. The Morgan fingerprint density at radius 1 is 1.20 bits per heavy atom. The lowest BCUT2D eigenvalue weighted by atomic mass is 10.2. The molecule has 2 aromatic carbocycles. The van der Waals surface area contributed by atoms with Crippen LogP contribution in [0.15, 0.2) is 46.3 Å². The van der Waals surface area contributed by atoms with E-state index < -0.39 is 28.5 Å². The van der Waals surface area contributed by atoms with Crippen LogP contribution >= 0.6 is 23.4 Å². The first kappa shape index (κ1) is 22.2. The van der Waals surface area contributed by atoms with E-state index in [1.165, 1.54) is 10.6 Å². The van der Waals surface area contributed by atoms with Gasteiger partial charge < -0.3 is 5.32 Å². The van der Waals surface area contributed by atoms with Crippen LogP contribution < -0.4 is 10.9 Å². The predicted molar refractivity (Wildman–Crippen MR) is 116 cm³/mol. The van der Waals surface area contributed by atoms with Crippen LogP contribution in [0, 0.1) is 17.6 Å². The van der Waals surface area contributed by atoms with Crippen molar-refractivity contribution >= 4 is 45.9 Å². The number of thioether (sulfide) groups is 1. The number of carbonyl (C=O) groups is 1. The molecule has 1 atom stereocenters. The standard InChI is InChI=1S/C21H20ClF2N3O2S/c1-11(2)10-27-20(29)14-9-13(22)7-8-17(14)25-21(27)30-12(3)19(28)26-18-15(23)5-4-6-16(18)24/h4-9,11-12H,10H2,1-3H3,(H,26,28). The van der Waals surface area contributed by atoms with E-state index in [4.69, 9.17) is 11.6 Å². The second-order valence-corrected chi connectivity index (χ2v) is 8.96. The lowest BCUT2D eigenvalue weighted by Gasteiger charge is -2.18. The molecule has 1 heterocycles. The van der Waals surface area contributed by atoms with Crippen LogP contribution in [0.4, 0.5) is 14.5 Å². The summed E-state index contributed by atoms with van der Waals surface area (Å²) >= 11 is 7.07. The Labute approximate surface area is 181 Å². The Hall–Kier alpha value is -2.45. The zero-order valence-corrected chi connectivity index (χ0v) is 18.2. The topological polar surface area (TPSA) is 64.0 Å². The smallest absolute Gasteiger partial charge is 0.262 e. The van der Waals surface area contributed by atoms with E-state index in [9.17, 15) is 18.4 Å². The average molecular weight is 452 g/mol. The molecule has 0 fully saturated rings. The minimum atomic E-state index is -0.863. The molecular formula is C21H20ClF2N3O2S. The van der Waals surface area contributed by atoms with Crippen molar-refractivity contribution < 1.29 is 13.6 Å². The highest BCUT2D eigenvalue weighted by Gasteiger charge is 2.22. The number of nitrogens with zero attached hydrogens (tertiary/aromatic N) is 2. The highest BCUT2D eigenvalue weighted by atomic mass is 35.5. The summed E-state index contributed by atoms with van der Waals surface area (Å²) in [6, 6.07) is 8.18. The Morgan fingerprint density at radius 3 is 2.50 bits per heavy atom. The van der Waals surface area contributed by atoms with Crippen LogP contribution in [0.5, 0.6) is 0 Å². The molecule has 0 bridgehead atoms. The summed E-state index contributed by atoms with van der Waals surface area (Å²) < 4.78 is 29.2. The van der Waals surface area contributed by atoms with Gasteiger partial charge in [0.25, 0.3) is 5.56 Å². The van der Waals surface area contributed by atoms with Gasteiger partial charge in [-0.25, -0.2) is 13.8 Å². The lowest BCUT2D eigenvalue weighted by molar-refractivity contribution is -0.115. The minimum absolute atomic E-state index is 0.150. The van der Waals surface area contributed by atoms with Crippen molar-refractivity contribution in [1.82, 2.24) is 9.55 Å². The van der Waals surface area contributed by atoms with Gasteiger partial charge in [-0.1, -0.05) is 43.3 Å². The second-order valence-electron chi connectivity index (χ2n) is 7.21. The van der Waals surface area contributed by atoms with Crippen molar-refractivity contribution in [3.05, 3.63) is 63.4 Å². The molecule has 0 saturated heterocycles. The molecule has 0 saturated carbocycles. The molecule has 0 spiro atoms. The third-order valence-corrected chi connectivity index (χ3v) is 5.62. The van der Waals surface area contributed by atoms with Gasteiger partial charge in [0, 0.05) is 11.6 Å². The quantitative estimate of drug-likeness (QED) is 0.418. The monoisotopic (exact) mass is 451 g/mol. The molecule has 3 rings (SSSR count). The highest BCUT2D eigenvalue weighted by Crippen LogP contribution is 2.26. The highest BCUT2D eigenvalue weighted by molar-refractivity contribution is 8.00. The first-order valence-electron chi connectivity index (χ1n) is 9.29. The fourth-order valence-corrected chi connectivity index (χ4v) is 3.93. The van der Waals surface area contributed by atoms with Crippen LogP contribution in [0.25, 0.3) is 10.9 Å². The molecule has 1 N–H and O–H groups in total. The van der Waals surface area contributed by atoms with Crippen molar-refractivity contribution in [3.63, 3.8) is 0 Å². The van der Waals surface area contributed by atoms with Gasteiger partial charge in [-0.05, 0) is 43.2 Å². The summed E-state index contributed by atoms with van der Waals surface area (Å²) in [6.07, 6.45) is 0. The van der Waals surface area contributed by atoms with Gasteiger partial charge in [-0.3, -0.25) is 14.2 Å². The first-order chi connectivity index (χ1) is 14.2. The summed E-state index contributed by atoms with van der Waals surface area (Å²) in [5, 5.41) is 2.67. The van der Waals surface area contributed by atoms with E-state index in [0.29, 0.717) is 27.6 Å². The number of para-hydroxylation sites is 1. The number of carbonyl (C=O) groups excluding carboxylic acids is 1. The molecule has 9 heteroatoms. The van der Waals surface area contributed by atoms with Crippen LogP contribution in [-0.2, 0) is 11.3 Å². The molecule has 0 aliphatic rings. The third-order valence-electron chi connectivity index (χ3n) is 4.29. The van der Waals surface area contributed by atoms with Crippen molar-refractivity contribution in [2.45, 2.75) is 37.7 Å². The number of rotatable bonds is 6. The van der Waals surface area contributed by atoms with Crippen molar-refractivity contribution in [3.8, 4) is 0 Å². The number of halogens is 3. The number of hydrogen-bond acceptors (Lipinski definition) is 4. The maximum atomic E-state index is 13.8. The number of hydrogen-bond donors (Lipinski definition) is 1. The maximum Gasteiger partial charge on any atom is 0.262 e. The van der Waals surface area contributed by atoms with Crippen molar-refractivity contribution in [1.29, 1.82) is 0 Å². The van der Waals surface area contributed by atoms with Crippen LogP contribution in [0.3, 0.4) is 0 Å². The second kappa shape index (κ2) is 9.14. The van der Waals surface area contributed by atoms with Gasteiger partial charge in [0.2, 0.25) is 5.91 Å². The Kier molecular flexibility index (Phi) is 6.77. The summed E-state index contributed by atoms with van der Waals surface area (Å²) in [6.45, 7) is 5.89. The predicted octanol–water partition coefficient (Wildman–Crippen LogP) is 5.10. The Morgan fingerprint density at radius 2 is 1.87 bits per heavy atom. The largest absolute Gasteiger partial charge is 0.320 e. The number of fused-ring (bicyclic) bond motifs is 1. The summed E-state index contributed by atoms with van der Waals surface area (Å²) in [7, 11) is 0. The van der Waals surface area contributed by atoms with Crippen molar-refractivity contribution in [2.24, 2.45) is 5.92 Å². The molecule has 0 aliphatic heterocycles. The van der Waals surface area contributed by atoms with E-state index in [1.807, 2.05) is 13.8 Å². The number of benzene rings is 2. The zero-order chi connectivity index (χ0) is 22.0. The Balaban J connectivity index is 1.94. The molecule has 1 unspecified atom stereocenters. The van der Waals surface area contributed by atoms with E-state index in [2.05, 4.69) is 10.3 Å². The van der Waals surface area contributed by atoms with Crippen LogP contribution in [0.1, 0.15) is 20.8 Å².